The minimum atomic E-state index is -0.576. The highest BCUT2D eigenvalue weighted by atomic mass is 32.1. The second-order valence-electron chi connectivity index (χ2n) is 3.05. The maximum atomic E-state index is 13.4. The van der Waals surface area contributed by atoms with Gasteiger partial charge in [0.1, 0.15) is 11.6 Å². The van der Waals surface area contributed by atoms with Gasteiger partial charge in [0.25, 0.3) is 0 Å². The summed E-state index contributed by atoms with van der Waals surface area (Å²) in [5.74, 6) is -1.15. The molecule has 0 N–H and O–H groups in total. The summed E-state index contributed by atoms with van der Waals surface area (Å²) in [6.45, 7) is 3.72. The van der Waals surface area contributed by atoms with E-state index >= 15 is 0 Å². The van der Waals surface area contributed by atoms with Crippen molar-refractivity contribution in [1.82, 2.24) is 0 Å². The Morgan fingerprint density at radius 1 is 1.07 bits per heavy atom. The third-order valence-corrected chi connectivity index (χ3v) is 3.01. The lowest BCUT2D eigenvalue weighted by Crippen LogP contribution is -1.93. The lowest BCUT2D eigenvalue weighted by molar-refractivity contribution is 0.577. The third-order valence-electron chi connectivity index (χ3n) is 2.08. The van der Waals surface area contributed by atoms with Gasteiger partial charge in [0, 0.05) is 4.88 Å². The Morgan fingerprint density at radius 3 is 2.27 bits per heavy atom. The Labute approximate surface area is 90.5 Å². The summed E-state index contributed by atoms with van der Waals surface area (Å²) in [6, 6.07) is 7.42. The van der Waals surface area contributed by atoms with Gasteiger partial charge in [-0.2, -0.15) is 0 Å². The topological polar surface area (TPSA) is 0 Å². The van der Waals surface area contributed by atoms with Crippen LogP contribution in [0.3, 0.4) is 0 Å². The van der Waals surface area contributed by atoms with Gasteiger partial charge in [-0.1, -0.05) is 18.7 Å². The Balaban J connectivity index is 2.51. The van der Waals surface area contributed by atoms with Crippen LogP contribution in [0.4, 0.5) is 8.78 Å². The Bertz CT molecular complexity index is 466. The average Bonchev–Trinajstić information content (AvgIpc) is 2.69. The van der Waals surface area contributed by atoms with E-state index in [9.17, 15) is 8.78 Å². The van der Waals surface area contributed by atoms with Crippen LogP contribution in [0, 0.1) is 11.6 Å². The Hall–Kier alpha value is -1.48. The molecule has 0 spiro atoms. The van der Waals surface area contributed by atoms with Crippen molar-refractivity contribution in [2.75, 3.05) is 0 Å². The summed E-state index contributed by atoms with van der Waals surface area (Å²) >= 11 is 1.41. The number of thiophene rings is 1. The van der Waals surface area contributed by atoms with Crippen molar-refractivity contribution < 1.29 is 8.78 Å². The van der Waals surface area contributed by atoms with Crippen LogP contribution in [0.1, 0.15) is 10.4 Å². The summed E-state index contributed by atoms with van der Waals surface area (Å²) < 4.78 is 26.8. The predicted molar refractivity (Wildman–Crippen MR) is 58.8 cm³/mol. The molecule has 0 atom stereocenters. The lowest BCUT2D eigenvalue weighted by atomic mass is 10.1. The maximum Gasteiger partial charge on any atom is 0.134 e. The molecule has 1 aromatic carbocycles. The molecule has 15 heavy (non-hydrogen) atoms. The van der Waals surface area contributed by atoms with Crippen molar-refractivity contribution in [2.45, 2.75) is 0 Å². The molecule has 0 fully saturated rings. The molecular formula is C12H8F2S. The second-order valence-corrected chi connectivity index (χ2v) is 4.00. The molecule has 0 saturated carbocycles. The number of halogens is 2. The number of benzene rings is 1. The van der Waals surface area contributed by atoms with Crippen LogP contribution in [0.2, 0.25) is 0 Å². The van der Waals surface area contributed by atoms with Crippen molar-refractivity contribution in [3.8, 4) is 0 Å². The van der Waals surface area contributed by atoms with E-state index in [-0.39, 0.29) is 5.56 Å². The summed E-state index contributed by atoms with van der Waals surface area (Å²) in [5.41, 5.74) is 0.348. The van der Waals surface area contributed by atoms with Crippen LogP contribution in [0.15, 0.2) is 42.3 Å². The predicted octanol–water partition coefficient (Wildman–Crippen LogP) is 4.09. The number of hydrogen-bond acceptors (Lipinski definition) is 1. The van der Waals surface area contributed by atoms with Gasteiger partial charge in [0.2, 0.25) is 0 Å². The smallest absolute Gasteiger partial charge is 0.134 e. The molecule has 0 nitrogen and oxygen atoms in total. The van der Waals surface area contributed by atoms with Crippen molar-refractivity contribution in [3.05, 3.63) is 64.4 Å². The summed E-state index contributed by atoms with van der Waals surface area (Å²) in [5, 5.41) is 1.85. The van der Waals surface area contributed by atoms with Gasteiger partial charge in [-0.05, 0) is 29.2 Å². The molecule has 0 radical (unpaired) electrons. The first kappa shape index (κ1) is 10.1. The molecule has 2 aromatic rings. The van der Waals surface area contributed by atoms with Crippen molar-refractivity contribution in [2.24, 2.45) is 0 Å². The van der Waals surface area contributed by atoms with E-state index in [2.05, 4.69) is 6.58 Å². The zero-order valence-electron chi connectivity index (χ0n) is 7.84. The largest absolute Gasteiger partial charge is 0.206 e. The van der Waals surface area contributed by atoms with Crippen LogP contribution >= 0.6 is 11.3 Å². The van der Waals surface area contributed by atoms with Gasteiger partial charge in [-0.25, -0.2) is 8.78 Å². The van der Waals surface area contributed by atoms with E-state index in [1.54, 1.807) is 6.07 Å². The van der Waals surface area contributed by atoms with Crippen LogP contribution in [0.25, 0.3) is 5.57 Å². The quantitative estimate of drug-likeness (QED) is 0.718. The van der Waals surface area contributed by atoms with Crippen LogP contribution in [-0.4, -0.2) is 0 Å². The highest BCUT2D eigenvalue weighted by Crippen LogP contribution is 2.29. The zero-order valence-corrected chi connectivity index (χ0v) is 8.65. The maximum absolute atomic E-state index is 13.4. The van der Waals surface area contributed by atoms with Crippen molar-refractivity contribution in [3.63, 3.8) is 0 Å². The number of rotatable bonds is 2. The minimum Gasteiger partial charge on any atom is -0.206 e. The second kappa shape index (κ2) is 3.95. The molecule has 0 aliphatic heterocycles. The SMILES string of the molecule is C=C(c1cccs1)c1c(F)cccc1F. The van der Waals surface area contributed by atoms with Crippen molar-refractivity contribution >= 4 is 16.9 Å². The summed E-state index contributed by atoms with van der Waals surface area (Å²) in [4.78, 5) is 0.777. The first-order valence-corrected chi connectivity index (χ1v) is 5.25. The third kappa shape index (κ3) is 1.83. The fourth-order valence-corrected chi connectivity index (χ4v) is 2.06. The minimum absolute atomic E-state index is 0.0417. The standard InChI is InChI=1S/C12H8F2S/c1-8(11-6-3-7-15-11)12-9(13)4-2-5-10(12)14/h2-7H,1H2. The Kier molecular flexibility index (Phi) is 2.64. The van der Waals surface area contributed by atoms with Gasteiger partial charge in [0.05, 0.1) is 5.56 Å². The van der Waals surface area contributed by atoms with Gasteiger partial charge >= 0.3 is 0 Å². The normalized spacial score (nSPS) is 10.3. The van der Waals surface area contributed by atoms with Gasteiger partial charge in [0.15, 0.2) is 0 Å². The molecule has 1 heterocycles. The molecule has 76 valence electrons. The molecule has 2 rings (SSSR count). The monoisotopic (exact) mass is 222 g/mol. The average molecular weight is 222 g/mol. The molecular weight excluding hydrogens is 214 g/mol. The summed E-state index contributed by atoms with van der Waals surface area (Å²) in [7, 11) is 0. The van der Waals surface area contributed by atoms with Gasteiger partial charge in [-0.3, -0.25) is 0 Å². The Morgan fingerprint density at radius 2 is 1.73 bits per heavy atom. The lowest BCUT2D eigenvalue weighted by Gasteiger charge is -2.05. The van der Waals surface area contributed by atoms with Gasteiger partial charge < -0.3 is 0 Å². The van der Waals surface area contributed by atoms with Crippen LogP contribution in [0.5, 0.6) is 0 Å². The van der Waals surface area contributed by atoms with E-state index in [0.29, 0.717) is 5.57 Å². The zero-order chi connectivity index (χ0) is 10.8. The first-order chi connectivity index (χ1) is 7.20. The van der Waals surface area contributed by atoms with E-state index in [1.807, 2.05) is 11.4 Å². The molecule has 0 aliphatic rings. The highest BCUT2D eigenvalue weighted by Gasteiger charge is 2.13. The number of hydrogen-bond donors (Lipinski definition) is 0. The van der Waals surface area contributed by atoms with E-state index in [4.69, 9.17) is 0 Å². The van der Waals surface area contributed by atoms with E-state index in [0.717, 1.165) is 4.88 Å². The van der Waals surface area contributed by atoms with Crippen molar-refractivity contribution in [1.29, 1.82) is 0 Å². The molecule has 0 aliphatic carbocycles. The molecule has 3 heteroatoms. The van der Waals surface area contributed by atoms with E-state index < -0.39 is 11.6 Å². The first-order valence-electron chi connectivity index (χ1n) is 4.37. The molecule has 0 unspecified atom stereocenters. The molecule has 0 bridgehead atoms. The van der Waals surface area contributed by atoms with E-state index in [1.165, 1.54) is 29.5 Å². The summed E-state index contributed by atoms with van der Waals surface area (Å²) in [6.07, 6.45) is 0. The fourth-order valence-electron chi connectivity index (χ4n) is 1.36. The van der Waals surface area contributed by atoms with Crippen LogP contribution in [-0.2, 0) is 0 Å². The fraction of sp³-hybridized carbons (Fsp3) is 0. The highest BCUT2D eigenvalue weighted by molar-refractivity contribution is 7.11. The molecule has 0 amide bonds. The van der Waals surface area contributed by atoms with Gasteiger partial charge in [-0.15, -0.1) is 11.3 Å². The van der Waals surface area contributed by atoms with Crippen LogP contribution < -0.4 is 0 Å². The molecule has 1 aromatic heterocycles. The molecule has 0 saturated heterocycles.